The number of rotatable bonds is 4. The van der Waals surface area contributed by atoms with Gasteiger partial charge in [-0.25, -0.2) is 16.8 Å². The van der Waals surface area contributed by atoms with Gasteiger partial charge in [-0.05, 0) is 43.5 Å². The molecule has 0 aromatic heterocycles. The maximum Gasteiger partial charge on any atom is 0.253 e. The first kappa shape index (κ1) is 18.3. The molecule has 0 saturated carbocycles. The van der Waals surface area contributed by atoms with Gasteiger partial charge in [0, 0.05) is 31.7 Å². The van der Waals surface area contributed by atoms with E-state index in [1.54, 1.807) is 7.05 Å². The van der Waals surface area contributed by atoms with Crippen LogP contribution in [0.5, 0.6) is 0 Å². The minimum atomic E-state index is -3.50. The van der Waals surface area contributed by atoms with Crippen LogP contribution < -0.4 is 0 Å². The Labute approximate surface area is 148 Å². The van der Waals surface area contributed by atoms with Gasteiger partial charge in [-0.3, -0.25) is 4.79 Å². The normalized spacial score (nSPS) is 23.6. The number of hydrogen-bond acceptors (Lipinski definition) is 5. The van der Waals surface area contributed by atoms with Crippen molar-refractivity contribution in [2.45, 2.75) is 30.2 Å². The average molecular weight is 386 g/mol. The molecule has 0 spiro atoms. The van der Waals surface area contributed by atoms with Crippen molar-refractivity contribution in [3.63, 3.8) is 0 Å². The Morgan fingerprint density at radius 3 is 2.28 bits per heavy atom. The monoisotopic (exact) mass is 386 g/mol. The SMILES string of the molecule is CN(C(=O)c1ccc(S(=O)(=O)N2CCCC2)cc1)[C@@H]1CCS(=O)(=O)C1. The standard InChI is InChI=1S/C16H22N2O5S2/c1-17(14-8-11-24(20,21)12-14)16(19)13-4-6-15(7-5-13)25(22,23)18-9-2-3-10-18/h4-7,14H,2-3,8-12H2,1H3/t14-/m1/s1. The molecule has 3 rings (SSSR count). The van der Waals surface area contributed by atoms with Crippen LogP contribution >= 0.6 is 0 Å². The summed E-state index contributed by atoms with van der Waals surface area (Å²) in [7, 11) is -4.99. The Hall–Kier alpha value is -1.45. The molecule has 2 aliphatic heterocycles. The molecule has 9 heteroatoms. The first-order chi connectivity index (χ1) is 11.7. The van der Waals surface area contributed by atoms with Crippen LogP contribution in [0.4, 0.5) is 0 Å². The van der Waals surface area contributed by atoms with Gasteiger partial charge in [-0.2, -0.15) is 4.31 Å². The van der Waals surface area contributed by atoms with Gasteiger partial charge in [0.15, 0.2) is 9.84 Å². The predicted molar refractivity (Wildman–Crippen MR) is 93.6 cm³/mol. The van der Waals surface area contributed by atoms with Gasteiger partial charge < -0.3 is 4.90 Å². The Morgan fingerprint density at radius 1 is 1.16 bits per heavy atom. The summed E-state index contributed by atoms with van der Waals surface area (Å²) in [6.07, 6.45) is 2.17. The summed E-state index contributed by atoms with van der Waals surface area (Å²) < 4.78 is 49.6. The topological polar surface area (TPSA) is 91.8 Å². The van der Waals surface area contributed by atoms with Crippen molar-refractivity contribution in [3.8, 4) is 0 Å². The summed E-state index contributed by atoms with van der Waals surface area (Å²) in [5.74, 6) is -0.217. The second-order valence-corrected chi connectivity index (χ2v) is 10.8. The highest BCUT2D eigenvalue weighted by Gasteiger charge is 2.33. The lowest BCUT2D eigenvalue weighted by Gasteiger charge is -2.23. The van der Waals surface area contributed by atoms with Crippen molar-refractivity contribution in [1.29, 1.82) is 0 Å². The molecule has 1 aromatic rings. The predicted octanol–water partition coefficient (Wildman–Crippen LogP) is 0.730. The molecule has 2 saturated heterocycles. The third kappa shape index (κ3) is 3.73. The summed E-state index contributed by atoms with van der Waals surface area (Å²) in [6, 6.07) is 5.54. The second-order valence-electron chi connectivity index (χ2n) is 6.61. The van der Waals surface area contributed by atoms with E-state index in [0.29, 0.717) is 25.1 Å². The van der Waals surface area contributed by atoms with E-state index < -0.39 is 19.9 Å². The number of sulfone groups is 1. The molecule has 0 radical (unpaired) electrons. The number of sulfonamides is 1. The first-order valence-electron chi connectivity index (χ1n) is 8.28. The highest BCUT2D eigenvalue weighted by atomic mass is 32.2. The summed E-state index contributed by atoms with van der Waals surface area (Å²) in [4.78, 5) is 14.1. The van der Waals surface area contributed by atoms with Crippen LogP contribution in [-0.2, 0) is 19.9 Å². The third-order valence-corrected chi connectivity index (χ3v) is 8.54. The van der Waals surface area contributed by atoms with Crippen molar-refractivity contribution in [2.24, 2.45) is 0 Å². The lowest BCUT2D eigenvalue weighted by Crippen LogP contribution is -2.37. The van der Waals surface area contributed by atoms with Gasteiger partial charge in [-0.1, -0.05) is 0 Å². The molecule has 2 fully saturated rings. The molecule has 2 aliphatic rings. The fraction of sp³-hybridized carbons (Fsp3) is 0.562. The molecule has 1 aromatic carbocycles. The smallest absolute Gasteiger partial charge is 0.253 e. The fourth-order valence-corrected chi connectivity index (χ4v) is 6.59. The van der Waals surface area contributed by atoms with Crippen LogP contribution in [0.15, 0.2) is 29.2 Å². The molecule has 2 heterocycles. The molecule has 138 valence electrons. The van der Waals surface area contributed by atoms with Crippen molar-refractivity contribution >= 4 is 25.8 Å². The van der Waals surface area contributed by atoms with Crippen LogP contribution in [0, 0.1) is 0 Å². The molecular formula is C16H22N2O5S2. The summed E-state index contributed by atoms with van der Waals surface area (Å²) in [5, 5.41) is 0. The Morgan fingerprint density at radius 2 is 1.76 bits per heavy atom. The lowest BCUT2D eigenvalue weighted by atomic mass is 10.1. The Kier molecular flexibility index (Phi) is 4.91. The largest absolute Gasteiger partial charge is 0.338 e. The minimum absolute atomic E-state index is 0.0172. The number of carbonyl (C=O) groups is 1. The van der Waals surface area contributed by atoms with Gasteiger partial charge in [0.2, 0.25) is 10.0 Å². The number of hydrogen-bond donors (Lipinski definition) is 0. The van der Waals surface area contributed by atoms with Crippen LogP contribution in [0.1, 0.15) is 29.6 Å². The minimum Gasteiger partial charge on any atom is -0.338 e. The quantitative estimate of drug-likeness (QED) is 0.761. The van der Waals surface area contributed by atoms with E-state index in [9.17, 15) is 21.6 Å². The second kappa shape index (κ2) is 6.69. The van der Waals surface area contributed by atoms with E-state index in [1.807, 2.05) is 0 Å². The maximum atomic E-state index is 12.5. The molecule has 1 amide bonds. The molecular weight excluding hydrogens is 364 g/mol. The zero-order valence-corrected chi connectivity index (χ0v) is 15.7. The van der Waals surface area contributed by atoms with E-state index in [1.165, 1.54) is 33.5 Å². The summed E-state index contributed by atoms with van der Waals surface area (Å²) in [5.41, 5.74) is 0.354. The number of amides is 1. The number of nitrogens with zero attached hydrogens (tertiary/aromatic N) is 2. The fourth-order valence-electron chi connectivity index (χ4n) is 3.30. The highest BCUT2D eigenvalue weighted by Crippen LogP contribution is 2.22. The van der Waals surface area contributed by atoms with Gasteiger partial charge >= 0.3 is 0 Å². The van der Waals surface area contributed by atoms with Crippen LogP contribution in [0.3, 0.4) is 0 Å². The number of benzene rings is 1. The van der Waals surface area contributed by atoms with Crippen molar-refractivity contribution < 1.29 is 21.6 Å². The van der Waals surface area contributed by atoms with Crippen molar-refractivity contribution in [3.05, 3.63) is 29.8 Å². The van der Waals surface area contributed by atoms with E-state index in [2.05, 4.69) is 0 Å². The van der Waals surface area contributed by atoms with Crippen LogP contribution in [-0.4, -0.2) is 69.6 Å². The highest BCUT2D eigenvalue weighted by molar-refractivity contribution is 7.91. The molecule has 1 atom stereocenters. The van der Waals surface area contributed by atoms with Crippen LogP contribution in [0.25, 0.3) is 0 Å². The third-order valence-electron chi connectivity index (χ3n) is 4.88. The zero-order valence-electron chi connectivity index (χ0n) is 14.1. The van der Waals surface area contributed by atoms with Gasteiger partial charge in [0.25, 0.3) is 5.91 Å². The summed E-state index contributed by atoms with van der Waals surface area (Å²) >= 11 is 0. The molecule has 25 heavy (non-hydrogen) atoms. The molecule has 0 aliphatic carbocycles. The summed E-state index contributed by atoms with van der Waals surface area (Å²) in [6.45, 7) is 1.06. The van der Waals surface area contributed by atoms with Crippen molar-refractivity contribution in [1.82, 2.24) is 9.21 Å². The van der Waals surface area contributed by atoms with E-state index >= 15 is 0 Å². The molecule has 0 bridgehead atoms. The zero-order chi connectivity index (χ0) is 18.2. The van der Waals surface area contributed by atoms with Crippen molar-refractivity contribution in [2.75, 3.05) is 31.6 Å². The number of carbonyl (C=O) groups excluding carboxylic acids is 1. The van der Waals surface area contributed by atoms with Gasteiger partial charge in [0.1, 0.15) is 0 Å². The van der Waals surface area contributed by atoms with Crippen LogP contribution in [0.2, 0.25) is 0 Å². The maximum absolute atomic E-state index is 12.5. The van der Waals surface area contributed by atoms with E-state index in [0.717, 1.165) is 12.8 Å². The lowest BCUT2D eigenvalue weighted by molar-refractivity contribution is 0.0747. The van der Waals surface area contributed by atoms with E-state index in [-0.39, 0.29) is 28.4 Å². The van der Waals surface area contributed by atoms with E-state index in [4.69, 9.17) is 0 Å². The molecule has 0 unspecified atom stereocenters. The Balaban J connectivity index is 1.74. The molecule has 7 nitrogen and oxygen atoms in total. The Bertz CT molecular complexity index is 856. The average Bonchev–Trinajstić information content (AvgIpc) is 3.23. The van der Waals surface area contributed by atoms with Gasteiger partial charge in [0.05, 0.1) is 16.4 Å². The molecule has 0 N–H and O–H groups in total. The first-order valence-corrected chi connectivity index (χ1v) is 11.5. The van der Waals surface area contributed by atoms with Gasteiger partial charge in [-0.15, -0.1) is 0 Å².